The molecule has 1 atom stereocenters. The van der Waals surface area contributed by atoms with Crippen LogP contribution < -0.4 is 15.5 Å². The number of likely N-dealkylation sites (N-methyl/N-ethyl adjacent to an activating group) is 2. The molecule has 1 aromatic heterocycles. The van der Waals surface area contributed by atoms with Gasteiger partial charge in [0.1, 0.15) is 0 Å². The van der Waals surface area contributed by atoms with E-state index < -0.39 is 5.82 Å². The minimum absolute atomic E-state index is 0.152. The van der Waals surface area contributed by atoms with E-state index in [9.17, 15) is 9.18 Å². The smallest absolute Gasteiger partial charge is 0.260 e. The van der Waals surface area contributed by atoms with Crippen LogP contribution in [0.25, 0.3) is 5.57 Å². The molecule has 134 valence electrons. The van der Waals surface area contributed by atoms with Crippen LogP contribution in [0.15, 0.2) is 6.20 Å². The highest BCUT2D eigenvalue weighted by Gasteiger charge is 2.36. The monoisotopic (exact) mass is 346 g/mol. The highest BCUT2D eigenvalue weighted by molar-refractivity contribution is 6.23. The highest BCUT2D eigenvalue weighted by atomic mass is 19.1. The predicted octanol–water partition coefficient (Wildman–Crippen LogP) is 1.53. The van der Waals surface area contributed by atoms with Crippen LogP contribution in [-0.4, -0.2) is 62.3 Å². The Morgan fingerprint density at radius 1 is 1.56 bits per heavy atom. The Bertz CT molecular complexity index is 747. The van der Waals surface area contributed by atoms with Crippen molar-refractivity contribution in [2.75, 3.05) is 44.4 Å². The molecule has 1 saturated heterocycles. The molecule has 0 bridgehead atoms. The van der Waals surface area contributed by atoms with Crippen LogP contribution in [0.5, 0.6) is 0 Å². The first-order valence-corrected chi connectivity index (χ1v) is 8.32. The lowest BCUT2D eigenvalue weighted by Gasteiger charge is -2.37. The van der Waals surface area contributed by atoms with Crippen LogP contribution in [0, 0.1) is 11.2 Å². The molecule has 0 spiro atoms. The maximum absolute atomic E-state index is 14.9. The first-order valence-electron chi connectivity index (χ1n) is 8.32. The van der Waals surface area contributed by atoms with Gasteiger partial charge in [-0.1, -0.05) is 0 Å². The molecule has 0 aliphatic carbocycles. The van der Waals surface area contributed by atoms with E-state index in [0.29, 0.717) is 11.3 Å². The summed E-state index contributed by atoms with van der Waals surface area (Å²) >= 11 is 0. The van der Waals surface area contributed by atoms with E-state index in [1.807, 2.05) is 11.9 Å². The molecule has 8 heteroatoms. The van der Waals surface area contributed by atoms with Gasteiger partial charge in [0.05, 0.1) is 16.9 Å². The lowest BCUT2D eigenvalue weighted by molar-refractivity contribution is 0.101. The van der Waals surface area contributed by atoms with Gasteiger partial charge in [0, 0.05) is 44.7 Å². The number of amides is 1. The average Bonchev–Trinajstić information content (AvgIpc) is 2.59. The standard InChI is InChI=1S/C17H23FN6O/c1-20-8-10(7-19)14-12-15(22-17(12)25)13(18)16(21-14)24(3)11-5-4-6-23(2)9-11/h7-8,11,19-20H,4-6,9H2,1-3H3,(H,22,25)/b10-8+,19-7?/t11-/m1/s1. The van der Waals surface area contributed by atoms with E-state index in [-0.39, 0.29) is 29.0 Å². The zero-order valence-corrected chi connectivity index (χ0v) is 14.7. The molecule has 25 heavy (non-hydrogen) atoms. The fourth-order valence-electron chi connectivity index (χ4n) is 3.41. The first kappa shape index (κ1) is 17.3. The number of nitrogens with zero attached hydrogens (tertiary/aromatic N) is 3. The number of hydrogen-bond donors (Lipinski definition) is 3. The Morgan fingerprint density at radius 2 is 2.32 bits per heavy atom. The van der Waals surface area contributed by atoms with Crippen LogP contribution in [-0.2, 0) is 0 Å². The van der Waals surface area contributed by atoms with Crippen LogP contribution in [0.3, 0.4) is 0 Å². The van der Waals surface area contributed by atoms with E-state index in [1.54, 1.807) is 13.2 Å². The number of fused-ring (bicyclic) bond motifs is 1. The Hall–Kier alpha value is -2.48. The third kappa shape index (κ3) is 2.97. The molecule has 7 nitrogen and oxygen atoms in total. The number of carbonyl (C=O) groups is 1. The van der Waals surface area contributed by atoms with Crippen molar-refractivity contribution in [2.24, 2.45) is 0 Å². The maximum Gasteiger partial charge on any atom is 0.260 e. The number of halogens is 1. The number of piperidine rings is 1. The average molecular weight is 346 g/mol. The van der Waals surface area contributed by atoms with Gasteiger partial charge in [0.25, 0.3) is 5.91 Å². The van der Waals surface area contributed by atoms with Crippen LogP contribution in [0.1, 0.15) is 28.9 Å². The molecule has 1 amide bonds. The van der Waals surface area contributed by atoms with Crippen LogP contribution in [0.4, 0.5) is 15.9 Å². The van der Waals surface area contributed by atoms with E-state index >= 15 is 0 Å². The van der Waals surface area contributed by atoms with Crippen molar-refractivity contribution in [1.29, 1.82) is 5.41 Å². The van der Waals surface area contributed by atoms with Crippen molar-refractivity contribution in [1.82, 2.24) is 15.2 Å². The molecule has 0 saturated carbocycles. The van der Waals surface area contributed by atoms with Gasteiger partial charge >= 0.3 is 0 Å². The molecular formula is C17H23FN6O. The zero-order chi connectivity index (χ0) is 18.1. The molecule has 3 rings (SSSR count). The summed E-state index contributed by atoms with van der Waals surface area (Å²) in [5.41, 5.74) is 1.14. The molecule has 2 aliphatic heterocycles. The number of likely N-dealkylation sites (tertiary alicyclic amines) is 1. The molecule has 1 aromatic rings. The van der Waals surface area contributed by atoms with Gasteiger partial charge in [-0.15, -0.1) is 0 Å². The van der Waals surface area contributed by atoms with Gasteiger partial charge in [0.2, 0.25) is 0 Å². The van der Waals surface area contributed by atoms with Crippen LogP contribution >= 0.6 is 0 Å². The second-order valence-electron chi connectivity index (χ2n) is 6.50. The van der Waals surface area contributed by atoms with Gasteiger partial charge in [-0.05, 0) is 26.4 Å². The van der Waals surface area contributed by atoms with E-state index in [2.05, 4.69) is 27.6 Å². The van der Waals surface area contributed by atoms with Crippen molar-refractivity contribution < 1.29 is 9.18 Å². The highest BCUT2D eigenvalue weighted by Crippen LogP contribution is 2.38. The van der Waals surface area contributed by atoms with Crippen molar-refractivity contribution in [2.45, 2.75) is 18.9 Å². The second-order valence-corrected chi connectivity index (χ2v) is 6.50. The fraction of sp³-hybridized carbons (Fsp3) is 0.471. The number of allylic oxidation sites excluding steroid dienone is 1. The zero-order valence-electron chi connectivity index (χ0n) is 14.7. The minimum Gasteiger partial charge on any atom is -0.393 e. The first-order chi connectivity index (χ1) is 12.0. The molecule has 1 fully saturated rings. The van der Waals surface area contributed by atoms with Gasteiger partial charge < -0.3 is 25.8 Å². The van der Waals surface area contributed by atoms with Gasteiger partial charge in [0.15, 0.2) is 11.6 Å². The third-order valence-electron chi connectivity index (χ3n) is 4.80. The van der Waals surface area contributed by atoms with Gasteiger partial charge in [-0.3, -0.25) is 4.79 Å². The third-order valence-corrected chi connectivity index (χ3v) is 4.80. The van der Waals surface area contributed by atoms with Crippen LogP contribution in [0.2, 0.25) is 0 Å². The van der Waals surface area contributed by atoms with Crippen molar-refractivity contribution in [3.8, 4) is 0 Å². The number of aromatic nitrogens is 1. The summed E-state index contributed by atoms with van der Waals surface area (Å²) in [4.78, 5) is 20.4. The lowest BCUT2D eigenvalue weighted by atomic mass is 9.98. The van der Waals surface area contributed by atoms with Crippen molar-refractivity contribution in [3.05, 3.63) is 23.3 Å². The summed E-state index contributed by atoms with van der Waals surface area (Å²) in [6.45, 7) is 1.87. The molecule has 3 N–H and O–H groups in total. The van der Waals surface area contributed by atoms with E-state index in [0.717, 1.165) is 32.1 Å². The molecular weight excluding hydrogens is 323 g/mol. The molecule has 0 aromatic carbocycles. The van der Waals surface area contributed by atoms with E-state index in [1.165, 1.54) is 0 Å². The topological polar surface area (TPSA) is 84.4 Å². The molecule has 0 radical (unpaired) electrons. The number of carbonyl (C=O) groups excluding carboxylic acids is 1. The Morgan fingerprint density at radius 3 is 2.92 bits per heavy atom. The summed E-state index contributed by atoms with van der Waals surface area (Å²) in [5, 5.41) is 12.9. The normalized spacial score (nSPS) is 20.4. The fourth-order valence-corrected chi connectivity index (χ4v) is 3.41. The second kappa shape index (κ2) is 6.79. The van der Waals surface area contributed by atoms with Crippen molar-refractivity contribution in [3.63, 3.8) is 0 Å². The van der Waals surface area contributed by atoms with E-state index in [4.69, 9.17) is 5.41 Å². The maximum atomic E-state index is 14.9. The number of pyridine rings is 1. The number of hydrogen-bond acceptors (Lipinski definition) is 6. The van der Waals surface area contributed by atoms with Crippen molar-refractivity contribution >= 4 is 29.2 Å². The SMILES string of the molecule is CN/C=C(\C=N)c1nc(N(C)[C@@H]2CCCN(C)C2)c(F)c2c1C(=O)N2. The Labute approximate surface area is 146 Å². The number of rotatable bonds is 5. The number of nitrogens with one attached hydrogen (secondary N) is 3. The summed E-state index contributed by atoms with van der Waals surface area (Å²) in [6, 6.07) is 0.152. The van der Waals surface area contributed by atoms with Gasteiger partial charge in [-0.25, -0.2) is 9.37 Å². The largest absolute Gasteiger partial charge is 0.393 e. The Kier molecular flexibility index (Phi) is 4.71. The Balaban J connectivity index is 2.06. The minimum atomic E-state index is -0.511. The summed E-state index contributed by atoms with van der Waals surface area (Å²) in [5.74, 6) is -0.673. The quantitative estimate of drug-likeness (QED) is 0.704. The summed E-state index contributed by atoms with van der Waals surface area (Å²) in [7, 11) is 5.58. The number of anilines is 2. The lowest BCUT2D eigenvalue weighted by Crippen LogP contribution is -2.46. The summed E-state index contributed by atoms with van der Waals surface area (Å²) in [6.07, 6.45) is 4.70. The molecule has 3 heterocycles. The predicted molar refractivity (Wildman–Crippen MR) is 96.9 cm³/mol. The van der Waals surface area contributed by atoms with Gasteiger partial charge in [-0.2, -0.15) is 0 Å². The molecule has 2 aliphatic rings. The summed E-state index contributed by atoms with van der Waals surface area (Å²) < 4.78 is 14.9. The molecule has 0 unspecified atom stereocenters.